The summed E-state index contributed by atoms with van der Waals surface area (Å²) in [7, 11) is 0. The standard InChI is InChI=1S/C29H29Cl2N3O2/c1-19(2)33-14-12-29(13-15-33)34-27(24-16-21(30)17-25(31)28(24)36-29)18-26(32-34)20-8-10-23(11-9-20)35-22-6-4-3-5-7-22/h3-11,16-17,19,27H,12-15,18H2,1-2H3. The molecule has 1 atom stereocenters. The minimum Gasteiger partial charge on any atom is -0.464 e. The third-order valence-corrected chi connectivity index (χ3v) is 7.99. The van der Waals surface area contributed by atoms with Crippen LogP contribution >= 0.6 is 23.2 Å². The van der Waals surface area contributed by atoms with Crippen LogP contribution in [0.2, 0.25) is 10.0 Å². The van der Waals surface area contributed by atoms with E-state index >= 15 is 0 Å². The minimum atomic E-state index is -0.515. The molecular weight excluding hydrogens is 493 g/mol. The van der Waals surface area contributed by atoms with Gasteiger partial charge in [0, 0.05) is 49.0 Å². The van der Waals surface area contributed by atoms with E-state index in [1.54, 1.807) is 6.07 Å². The maximum Gasteiger partial charge on any atom is 0.200 e. The van der Waals surface area contributed by atoms with Crippen molar-refractivity contribution in [1.29, 1.82) is 0 Å². The number of benzene rings is 3. The highest BCUT2D eigenvalue weighted by Crippen LogP contribution is 2.52. The van der Waals surface area contributed by atoms with Crippen molar-refractivity contribution in [2.75, 3.05) is 13.1 Å². The molecule has 36 heavy (non-hydrogen) atoms. The predicted octanol–water partition coefficient (Wildman–Crippen LogP) is 7.53. The molecule has 0 N–H and O–H groups in total. The number of hydrogen-bond donors (Lipinski definition) is 0. The zero-order chi connectivity index (χ0) is 24.9. The highest BCUT2D eigenvalue weighted by molar-refractivity contribution is 6.35. The summed E-state index contributed by atoms with van der Waals surface area (Å²) in [5, 5.41) is 8.56. The molecule has 186 valence electrons. The Kier molecular flexibility index (Phi) is 6.11. The smallest absolute Gasteiger partial charge is 0.200 e. The number of ether oxygens (including phenoxy) is 2. The minimum absolute atomic E-state index is 0.0331. The molecule has 3 aliphatic heterocycles. The molecule has 1 unspecified atom stereocenters. The van der Waals surface area contributed by atoms with Gasteiger partial charge in [0.15, 0.2) is 0 Å². The van der Waals surface area contributed by atoms with Crippen LogP contribution in [0.25, 0.3) is 0 Å². The monoisotopic (exact) mass is 521 g/mol. The van der Waals surface area contributed by atoms with Crippen LogP contribution in [0.4, 0.5) is 0 Å². The lowest BCUT2D eigenvalue weighted by Gasteiger charge is -2.51. The largest absolute Gasteiger partial charge is 0.464 e. The number of rotatable bonds is 4. The van der Waals surface area contributed by atoms with Crippen LogP contribution in [0.1, 0.15) is 50.3 Å². The summed E-state index contributed by atoms with van der Waals surface area (Å²) in [5.41, 5.74) is 2.60. The fourth-order valence-electron chi connectivity index (χ4n) is 5.54. The van der Waals surface area contributed by atoms with Crippen molar-refractivity contribution in [2.24, 2.45) is 5.10 Å². The molecule has 6 rings (SSSR count). The fraction of sp³-hybridized carbons (Fsp3) is 0.345. The molecule has 1 spiro atoms. The van der Waals surface area contributed by atoms with Gasteiger partial charge < -0.3 is 14.4 Å². The molecule has 0 radical (unpaired) electrons. The van der Waals surface area contributed by atoms with E-state index in [-0.39, 0.29) is 6.04 Å². The van der Waals surface area contributed by atoms with Crippen LogP contribution in [0.3, 0.4) is 0 Å². The van der Waals surface area contributed by atoms with Gasteiger partial charge in [-0.3, -0.25) is 0 Å². The summed E-state index contributed by atoms with van der Waals surface area (Å²) in [6.45, 7) is 6.40. The Balaban J connectivity index is 1.32. The Bertz CT molecular complexity index is 1290. The van der Waals surface area contributed by atoms with Crippen LogP contribution < -0.4 is 9.47 Å². The third kappa shape index (κ3) is 4.23. The van der Waals surface area contributed by atoms with Crippen LogP contribution in [0.5, 0.6) is 17.2 Å². The molecule has 0 amide bonds. The van der Waals surface area contributed by atoms with E-state index in [0.717, 1.165) is 66.4 Å². The van der Waals surface area contributed by atoms with Gasteiger partial charge in [-0.25, -0.2) is 5.01 Å². The fourth-order valence-corrected chi connectivity index (χ4v) is 6.08. The van der Waals surface area contributed by atoms with Gasteiger partial charge >= 0.3 is 0 Å². The van der Waals surface area contributed by atoms with Crippen molar-refractivity contribution in [3.63, 3.8) is 0 Å². The summed E-state index contributed by atoms with van der Waals surface area (Å²) in [4.78, 5) is 2.49. The summed E-state index contributed by atoms with van der Waals surface area (Å²) in [5.74, 6) is 2.37. The van der Waals surface area contributed by atoms with Gasteiger partial charge in [0.05, 0.1) is 16.8 Å². The van der Waals surface area contributed by atoms with Crippen LogP contribution in [-0.2, 0) is 0 Å². The number of para-hydroxylation sites is 1. The number of hydrogen-bond acceptors (Lipinski definition) is 5. The van der Waals surface area contributed by atoms with Gasteiger partial charge in [-0.1, -0.05) is 41.4 Å². The van der Waals surface area contributed by atoms with E-state index in [0.29, 0.717) is 16.1 Å². The molecule has 0 aliphatic carbocycles. The maximum atomic E-state index is 6.74. The number of nitrogens with zero attached hydrogens (tertiary/aromatic N) is 3. The third-order valence-electron chi connectivity index (χ3n) is 7.49. The molecule has 5 nitrogen and oxygen atoms in total. The summed E-state index contributed by atoms with van der Waals surface area (Å²) >= 11 is 13.1. The first-order valence-electron chi connectivity index (χ1n) is 12.5. The van der Waals surface area contributed by atoms with Crippen molar-refractivity contribution in [2.45, 2.75) is 50.9 Å². The normalized spacial score (nSPS) is 20.6. The molecule has 3 aromatic rings. The van der Waals surface area contributed by atoms with Crippen LogP contribution in [0.15, 0.2) is 71.8 Å². The number of likely N-dealkylation sites (tertiary alicyclic amines) is 1. The second-order valence-electron chi connectivity index (χ2n) is 10.0. The average molecular weight is 522 g/mol. The molecule has 1 fully saturated rings. The van der Waals surface area contributed by atoms with E-state index in [1.807, 2.05) is 48.5 Å². The molecule has 7 heteroatoms. The van der Waals surface area contributed by atoms with E-state index in [2.05, 4.69) is 35.9 Å². The van der Waals surface area contributed by atoms with E-state index in [9.17, 15) is 0 Å². The number of hydrazone groups is 1. The molecule has 3 aliphatic rings. The summed E-state index contributed by atoms with van der Waals surface area (Å²) in [6.07, 6.45) is 2.49. The second kappa shape index (κ2) is 9.29. The van der Waals surface area contributed by atoms with Gasteiger partial charge in [0.1, 0.15) is 17.2 Å². The molecule has 0 saturated carbocycles. The zero-order valence-corrected chi connectivity index (χ0v) is 22.0. The second-order valence-corrected chi connectivity index (χ2v) is 10.9. The Labute approximate surface area is 222 Å². The molecule has 3 aromatic carbocycles. The Hall–Kier alpha value is -2.73. The van der Waals surface area contributed by atoms with E-state index in [1.165, 1.54) is 0 Å². The maximum absolute atomic E-state index is 6.74. The Morgan fingerprint density at radius 3 is 2.36 bits per heavy atom. The highest BCUT2D eigenvalue weighted by atomic mass is 35.5. The molecule has 0 aromatic heterocycles. The summed E-state index contributed by atoms with van der Waals surface area (Å²) in [6, 6.07) is 22.3. The lowest BCUT2D eigenvalue weighted by atomic mass is 9.90. The quantitative estimate of drug-likeness (QED) is 0.355. The lowest BCUT2D eigenvalue weighted by molar-refractivity contribution is -0.152. The first-order valence-corrected chi connectivity index (χ1v) is 13.3. The van der Waals surface area contributed by atoms with Crippen molar-refractivity contribution in [1.82, 2.24) is 9.91 Å². The van der Waals surface area contributed by atoms with Crippen molar-refractivity contribution < 1.29 is 9.47 Å². The van der Waals surface area contributed by atoms with Crippen LogP contribution in [-0.4, -0.2) is 40.5 Å². The van der Waals surface area contributed by atoms with Crippen molar-refractivity contribution in [3.05, 3.63) is 87.9 Å². The van der Waals surface area contributed by atoms with Gasteiger partial charge in [0.2, 0.25) is 5.72 Å². The van der Waals surface area contributed by atoms with Crippen molar-refractivity contribution in [3.8, 4) is 17.2 Å². The van der Waals surface area contributed by atoms with E-state index < -0.39 is 5.72 Å². The molecule has 1 saturated heterocycles. The van der Waals surface area contributed by atoms with Crippen molar-refractivity contribution >= 4 is 28.9 Å². The summed E-state index contributed by atoms with van der Waals surface area (Å²) < 4.78 is 12.7. The number of piperidine rings is 1. The first kappa shape index (κ1) is 23.7. The Morgan fingerprint density at radius 1 is 0.972 bits per heavy atom. The van der Waals surface area contributed by atoms with E-state index in [4.69, 9.17) is 37.8 Å². The first-order chi connectivity index (χ1) is 17.4. The van der Waals surface area contributed by atoms with Gasteiger partial charge in [-0.05, 0) is 67.9 Å². The predicted molar refractivity (Wildman–Crippen MR) is 144 cm³/mol. The molecule has 0 bridgehead atoms. The van der Waals surface area contributed by atoms with Gasteiger partial charge in [0.25, 0.3) is 0 Å². The highest BCUT2D eigenvalue weighted by Gasteiger charge is 2.52. The zero-order valence-electron chi connectivity index (χ0n) is 20.5. The van der Waals surface area contributed by atoms with Gasteiger partial charge in [-0.2, -0.15) is 5.10 Å². The number of halogens is 2. The molecule has 3 heterocycles. The number of fused-ring (bicyclic) bond motifs is 4. The SMILES string of the molecule is CC(C)N1CCC2(CC1)Oc1c(Cl)cc(Cl)cc1C1CC(c3ccc(Oc4ccccc4)cc3)=NN12. The molecular formula is C29H29Cl2N3O2. The Morgan fingerprint density at radius 2 is 1.67 bits per heavy atom. The average Bonchev–Trinajstić information content (AvgIpc) is 3.34. The topological polar surface area (TPSA) is 37.3 Å². The van der Waals surface area contributed by atoms with Gasteiger partial charge in [-0.15, -0.1) is 0 Å². The lowest BCUT2D eigenvalue weighted by Crippen LogP contribution is -2.59. The van der Waals surface area contributed by atoms with Crippen LogP contribution in [0, 0.1) is 0 Å².